The Balaban J connectivity index is 1.87. The van der Waals surface area contributed by atoms with Crippen LogP contribution in [-0.2, 0) is 11.2 Å². The predicted octanol–water partition coefficient (Wildman–Crippen LogP) is 1.63. The fraction of sp³-hybridized carbons (Fsp3) is 0.368. The van der Waals surface area contributed by atoms with Crippen LogP contribution in [-0.4, -0.2) is 27.7 Å². The Morgan fingerprint density at radius 1 is 1.19 bits per heavy atom. The van der Waals surface area contributed by atoms with Gasteiger partial charge in [-0.25, -0.2) is 10.2 Å². The molecule has 0 aliphatic heterocycles. The number of hydrazone groups is 1. The third-order valence-corrected chi connectivity index (χ3v) is 3.56. The molecule has 0 aliphatic rings. The molecule has 27 heavy (non-hydrogen) atoms. The van der Waals surface area contributed by atoms with Crippen LogP contribution < -0.4 is 21.4 Å². The van der Waals surface area contributed by atoms with Gasteiger partial charge in [-0.15, -0.1) is 0 Å². The van der Waals surface area contributed by atoms with Gasteiger partial charge in [0.05, 0.1) is 6.21 Å². The fourth-order valence-corrected chi connectivity index (χ4v) is 2.38. The van der Waals surface area contributed by atoms with Crippen LogP contribution in [0.5, 0.6) is 5.75 Å². The van der Waals surface area contributed by atoms with Crippen molar-refractivity contribution in [3.8, 4) is 5.75 Å². The van der Waals surface area contributed by atoms with E-state index >= 15 is 0 Å². The first-order chi connectivity index (χ1) is 12.6. The summed E-state index contributed by atoms with van der Waals surface area (Å²) in [6.45, 7) is 7.54. The van der Waals surface area contributed by atoms with Gasteiger partial charge in [-0.3, -0.25) is 14.6 Å². The molecule has 2 rings (SSSR count). The van der Waals surface area contributed by atoms with Gasteiger partial charge in [-0.1, -0.05) is 0 Å². The van der Waals surface area contributed by atoms with E-state index in [4.69, 9.17) is 4.74 Å². The molecule has 8 heteroatoms. The second kappa shape index (κ2) is 8.48. The molecule has 1 amide bonds. The van der Waals surface area contributed by atoms with Crippen molar-refractivity contribution in [3.05, 3.63) is 61.9 Å². The Bertz CT molecular complexity index is 934. The van der Waals surface area contributed by atoms with Gasteiger partial charge in [0.1, 0.15) is 11.4 Å². The molecule has 1 heterocycles. The monoisotopic (exact) mass is 372 g/mol. The number of benzene rings is 1. The fourth-order valence-electron chi connectivity index (χ4n) is 2.38. The topological polar surface area (TPSA) is 116 Å². The first-order valence-corrected chi connectivity index (χ1v) is 8.57. The van der Waals surface area contributed by atoms with Crippen LogP contribution in [0.3, 0.4) is 0 Å². The van der Waals surface area contributed by atoms with Gasteiger partial charge in [0.15, 0.2) is 0 Å². The lowest BCUT2D eigenvalue weighted by atomic mass is 10.1. The molecule has 1 aromatic carbocycles. The summed E-state index contributed by atoms with van der Waals surface area (Å²) in [7, 11) is 0. The number of aryl methyl sites for hydroxylation is 1. The maximum Gasteiger partial charge on any atom is 0.325 e. The van der Waals surface area contributed by atoms with Gasteiger partial charge in [0.2, 0.25) is 5.91 Å². The molecular weight excluding hydrogens is 348 g/mol. The molecule has 0 aliphatic carbocycles. The summed E-state index contributed by atoms with van der Waals surface area (Å²) in [5.41, 5.74) is 2.75. The largest absolute Gasteiger partial charge is 0.488 e. The van der Waals surface area contributed by atoms with Crippen LogP contribution in [0.4, 0.5) is 0 Å². The summed E-state index contributed by atoms with van der Waals surface area (Å²) in [6, 6.07) is 7.33. The van der Waals surface area contributed by atoms with Crippen molar-refractivity contribution < 1.29 is 9.53 Å². The van der Waals surface area contributed by atoms with Gasteiger partial charge in [-0.2, -0.15) is 5.10 Å². The van der Waals surface area contributed by atoms with Crippen LogP contribution in [0, 0.1) is 6.92 Å². The average Bonchev–Trinajstić information content (AvgIpc) is 2.54. The highest BCUT2D eigenvalue weighted by Gasteiger charge is 2.11. The SMILES string of the molecule is Cc1[nH]c(=O)[nH]c(=O)c1CCC(=O)N/N=C/c1ccc(OC(C)(C)C)cc1. The second-order valence-electron chi connectivity index (χ2n) is 7.09. The zero-order chi connectivity index (χ0) is 20.0. The van der Waals surface area contributed by atoms with Crippen molar-refractivity contribution in [2.75, 3.05) is 0 Å². The third-order valence-electron chi connectivity index (χ3n) is 3.56. The van der Waals surface area contributed by atoms with Crippen LogP contribution in [0.15, 0.2) is 39.0 Å². The Kier molecular flexibility index (Phi) is 6.33. The minimum Gasteiger partial charge on any atom is -0.488 e. The predicted molar refractivity (Wildman–Crippen MR) is 103 cm³/mol. The first kappa shape index (κ1) is 20.2. The number of H-pyrrole nitrogens is 2. The lowest BCUT2D eigenvalue weighted by Gasteiger charge is -2.21. The molecule has 0 spiro atoms. The number of carbonyl (C=O) groups is 1. The van der Waals surface area contributed by atoms with E-state index in [-0.39, 0.29) is 24.3 Å². The molecule has 0 saturated heterocycles. The summed E-state index contributed by atoms with van der Waals surface area (Å²) < 4.78 is 5.74. The average molecular weight is 372 g/mol. The van der Waals surface area contributed by atoms with Crippen molar-refractivity contribution >= 4 is 12.1 Å². The summed E-state index contributed by atoms with van der Waals surface area (Å²) in [6.07, 6.45) is 1.81. The Morgan fingerprint density at radius 3 is 2.44 bits per heavy atom. The molecule has 1 aromatic heterocycles. The van der Waals surface area contributed by atoms with E-state index in [0.29, 0.717) is 11.3 Å². The number of hydrogen-bond donors (Lipinski definition) is 3. The Labute approximate surface area is 156 Å². The zero-order valence-corrected chi connectivity index (χ0v) is 15.9. The number of carbonyl (C=O) groups excluding carboxylic acids is 1. The Morgan fingerprint density at radius 2 is 1.85 bits per heavy atom. The van der Waals surface area contributed by atoms with Crippen molar-refractivity contribution in [1.82, 2.24) is 15.4 Å². The van der Waals surface area contributed by atoms with Crippen LogP contribution >= 0.6 is 0 Å². The van der Waals surface area contributed by atoms with Gasteiger partial charge in [0.25, 0.3) is 5.56 Å². The maximum absolute atomic E-state index is 11.9. The smallest absolute Gasteiger partial charge is 0.325 e. The number of aromatic amines is 2. The molecule has 0 atom stereocenters. The highest BCUT2D eigenvalue weighted by atomic mass is 16.5. The maximum atomic E-state index is 11.9. The molecule has 0 fully saturated rings. The number of amides is 1. The van der Waals surface area contributed by atoms with Gasteiger partial charge in [0, 0.05) is 17.7 Å². The molecular formula is C19H24N4O4. The number of nitrogens with one attached hydrogen (secondary N) is 3. The number of nitrogens with zero attached hydrogens (tertiary/aromatic N) is 1. The molecule has 3 N–H and O–H groups in total. The third kappa shape index (κ3) is 6.58. The van der Waals surface area contributed by atoms with Gasteiger partial charge >= 0.3 is 5.69 Å². The minimum absolute atomic E-state index is 0.0751. The van der Waals surface area contributed by atoms with Crippen LogP contribution in [0.2, 0.25) is 0 Å². The molecule has 0 radical (unpaired) electrons. The van der Waals surface area contributed by atoms with E-state index in [2.05, 4.69) is 20.5 Å². The molecule has 2 aromatic rings. The van der Waals surface area contributed by atoms with Crippen molar-refractivity contribution in [2.45, 2.75) is 46.1 Å². The summed E-state index contributed by atoms with van der Waals surface area (Å²) >= 11 is 0. The molecule has 0 bridgehead atoms. The number of aromatic nitrogens is 2. The minimum atomic E-state index is -0.561. The lowest BCUT2D eigenvalue weighted by Crippen LogP contribution is -2.28. The summed E-state index contributed by atoms with van der Waals surface area (Å²) in [5.74, 6) is 0.425. The van der Waals surface area contributed by atoms with Crippen molar-refractivity contribution in [3.63, 3.8) is 0 Å². The van der Waals surface area contributed by atoms with Gasteiger partial charge in [-0.05, 0) is 63.9 Å². The number of ether oxygens (including phenoxy) is 1. The molecule has 144 valence electrons. The molecule has 8 nitrogen and oxygen atoms in total. The van der Waals surface area contributed by atoms with Crippen LogP contribution in [0.25, 0.3) is 0 Å². The lowest BCUT2D eigenvalue weighted by molar-refractivity contribution is -0.121. The highest BCUT2D eigenvalue weighted by molar-refractivity contribution is 5.82. The van der Waals surface area contributed by atoms with Crippen molar-refractivity contribution in [1.29, 1.82) is 0 Å². The van der Waals surface area contributed by atoms with E-state index < -0.39 is 11.2 Å². The molecule has 0 saturated carbocycles. The standard InChI is InChI=1S/C19H24N4O4/c1-12-15(17(25)22-18(26)21-12)9-10-16(24)23-20-11-13-5-7-14(8-6-13)27-19(2,3)4/h5-8,11H,9-10H2,1-4H3,(H,23,24)(H2,21,22,25,26)/b20-11+. The molecule has 0 unspecified atom stereocenters. The van der Waals surface area contributed by atoms with E-state index in [1.54, 1.807) is 6.92 Å². The van der Waals surface area contributed by atoms with E-state index in [1.807, 2.05) is 45.0 Å². The van der Waals surface area contributed by atoms with E-state index in [9.17, 15) is 14.4 Å². The Hall–Kier alpha value is -3.16. The second-order valence-corrected chi connectivity index (χ2v) is 7.09. The quantitative estimate of drug-likeness (QED) is 0.528. The van der Waals surface area contributed by atoms with Gasteiger partial charge < -0.3 is 9.72 Å². The first-order valence-electron chi connectivity index (χ1n) is 8.57. The zero-order valence-electron chi connectivity index (χ0n) is 15.9. The highest BCUT2D eigenvalue weighted by Crippen LogP contribution is 2.17. The summed E-state index contributed by atoms with van der Waals surface area (Å²) in [5, 5.41) is 3.91. The summed E-state index contributed by atoms with van der Waals surface area (Å²) in [4.78, 5) is 39.4. The number of hydrogen-bond acceptors (Lipinski definition) is 5. The number of rotatable bonds is 6. The van der Waals surface area contributed by atoms with E-state index in [0.717, 1.165) is 11.3 Å². The van der Waals surface area contributed by atoms with Crippen LogP contribution in [0.1, 0.15) is 44.0 Å². The normalized spacial score (nSPS) is 11.6. The van der Waals surface area contributed by atoms with Crippen molar-refractivity contribution in [2.24, 2.45) is 5.10 Å². The van der Waals surface area contributed by atoms with E-state index in [1.165, 1.54) is 6.21 Å².